The summed E-state index contributed by atoms with van der Waals surface area (Å²) in [5.41, 5.74) is 1.09. The van der Waals surface area contributed by atoms with E-state index >= 15 is 0 Å². The second-order valence-electron chi connectivity index (χ2n) is 5.46. The molecule has 9 heteroatoms. The lowest BCUT2D eigenvalue weighted by atomic mass is 10.2. The molecule has 3 rings (SSSR count). The Kier molecular flexibility index (Phi) is 5.85. The molecule has 28 heavy (non-hydrogen) atoms. The van der Waals surface area contributed by atoms with Crippen LogP contribution in [0.3, 0.4) is 0 Å². The van der Waals surface area contributed by atoms with Crippen molar-refractivity contribution in [1.82, 2.24) is 14.9 Å². The highest BCUT2D eigenvalue weighted by molar-refractivity contribution is 5.92. The molecule has 1 aromatic heterocycles. The monoisotopic (exact) mass is 382 g/mol. The van der Waals surface area contributed by atoms with E-state index in [-0.39, 0.29) is 5.56 Å². The molecule has 0 radical (unpaired) electrons. The molecule has 0 aliphatic heterocycles. The standard InChI is InChI=1S/C19H18N4O5/c1-25-16-8-14(9-17(26-2)18(16)27-3)19(24)28-15-6-4-13(5-7-15)10-22-23-11-20-21-12-23/h4-12H,1-3H3. The molecule has 0 spiro atoms. The predicted octanol–water partition coefficient (Wildman–Crippen LogP) is 2.41. The van der Waals surface area contributed by atoms with Gasteiger partial charge in [-0.2, -0.15) is 5.10 Å². The maximum Gasteiger partial charge on any atom is 0.343 e. The highest BCUT2D eigenvalue weighted by Crippen LogP contribution is 2.38. The van der Waals surface area contributed by atoms with Gasteiger partial charge in [-0.3, -0.25) is 0 Å². The van der Waals surface area contributed by atoms with Crippen molar-refractivity contribution < 1.29 is 23.7 Å². The molecule has 0 amide bonds. The molecule has 0 N–H and O–H groups in total. The highest BCUT2D eigenvalue weighted by Gasteiger charge is 2.18. The summed E-state index contributed by atoms with van der Waals surface area (Å²) in [5.74, 6) is 0.979. The Morgan fingerprint density at radius 3 is 2.11 bits per heavy atom. The van der Waals surface area contributed by atoms with Gasteiger partial charge in [-0.1, -0.05) is 0 Å². The maximum atomic E-state index is 12.5. The fourth-order valence-corrected chi connectivity index (χ4v) is 2.38. The van der Waals surface area contributed by atoms with Crippen LogP contribution in [0.5, 0.6) is 23.0 Å². The zero-order valence-corrected chi connectivity index (χ0v) is 15.5. The Labute approximate surface area is 161 Å². The van der Waals surface area contributed by atoms with Crippen molar-refractivity contribution in [3.63, 3.8) is 0 Å². The van der Waals surface area contributed by atoms with Gasteiger partial charge in [0.1, 0.15) is 18.4 Å². The fraction of sp³-hybridized carbons (Fsp3) is 0.158. The van der Waals surface area contributed by atoms with Crippen LogP contribution in [-0.4, -0.2) is 48.4 Å². The molecular formula is C19H18N4O5. The van der Waals surface area contributed by atoms with E-state index < -0.39 is 5.97 Å². The smallest absolute Gasteiger partial charge is 0.343 e. The lowest BCUT2D eigenvalue weighted by Gasteiger charge is -2.13. The molecule has 1 heterocycles. The summed E-state index contributed by atoms with van der Waals surface area (Å²) in [6.07, 6.45) is 4.59. The van der Waals surface area contributed by atoms with E-state index in [0.29, 0.717) is 23.0 Å². The van der Waals surface area contributed by atoms with Gasteiger partial charge in [0.15, 0.2) is 11.5 Å². The summed E-state index contributed by atoms with van der Waals surface area (Å²) in [6.45, 7) is 0. The normalized spacial score (nSPS) is 10.7. The molecule has 0 aliphatic carbocycles. The number of esters is 1. The van der Waals surface area contributed by atoms with Gasteiger partial charge in [0.2, 0.25) is 5.75 Å². The minimum Gasteiger partial charge on any atom is -0.493 e. The number of carbonyl (C=O) groups is 1. The molecule has 0 atom stereocenters. The first-order valence-corrected chi connectivity index (χ1v) is 8.16. The molecule has 0 saturated carbocycles. The molecule has 3 aromatic rings. The summed E-state index contributed by atoms with van der Waals surface area (Å²) < 4.78 is 22.6. The topological polar surface area (TPSA) is 97.1 Å². The number of hydrogen-bond donors (Lipinski definition) is 0. The van der Waals surface area contributed by atoms with Gasteiger partial charge in [-0.25, -0.2) is 9.47 Å². The molecule has 2 aromatic carbocycles. The Bertz CT molecular complexity index is 943. The van der Waals surface area contributed by atoms with Gasteiger partial charge in [0, 0.05) is 0 Å². The van der Waals surface area contributed by atoms with E-state index in [1.165, 1.54) is 50.8 Å². The number of aromatic nitrogens is 3. The Balaban J connectivity index is 1.74. The Morgan fingerprint density at radius 1 is 0.964 bits per heavy atom. The van der Waals surface area contributed by atoms with Gasteiger partial charge >= 0.3 is 5.97 Å². The van der Waals surface area contributed by atoms with Crippen LogP contribution in [-0.2, 0) is 0 Å². The van der Waals surface area contributed by atoms with Crippen LogP contribution < -0.4 is 18.9 Å². The quantitative estimate of drug-likeness (QED) is 0.352. The summed E-state index contributed by atoms with van der Waals surface area (Å²) in [5, 5.41) is 11.5. The van der Waals surface area contributed by atoms with E-state index in [0.717, 1.165) is 5.56 Å². The fourth-order valence-electron chi connectivity index (χ4n) is 2.38. The van der Waals surface area contributed by atoms with Crippen LogP contribution in [0.2, 0.25) is 0 Å². The van der Waals surface area contributed by atoms with Crippen LogP contribution in [0.25, 0.3) is 0 Å². The van der Waals surface area contributed by atoms with Crippen LogP contribution in [0.4, 0.5) is 0 Å². The zero-order chi connectivity index (χ0) is 19.9. The molecule has 0 saturated heterocycles. The lowest BCUT2D eigenvalue weighted by Crippen LogP contribution is -2.09. The van der Waals surface area contributed by atoms with Crippen molar-refractivity contribution in [1.29, 1.82) is 0 Å². The lowest BCUT2D eigenvalue weighted by molar-refractivity contribution is 0.0734. The number of ether oxygens (including phenoxy) is 4. The molecule has 0 unspecified atom stereocenters. The first kappa shape index (κ1) is 18.9. The van der Waals surface area contributed by atoms with Gasteiger partial charge < -0.3 is 18.9 Å². The van der Waals surface area contributed by atoms with Gasteiger partial charge in [0.25, 0.3) is 0 Å². The molecule has 144 valence electrons. The summed E-state index contributed by atoms with van der Waals surface area (Å²) in [7, 11) is 4.45. The van der Waals surface area contributed by atoms with Crippen molar-refractivity contribution in [2.45, 2.75) is 0 Å². The predicted molar refractivity (Wildman–Crippen MR) is 101 cm³/mol. The third-order valence-electron chi connectivity index (χ3n) is 3.74. The Morgan fingerprint density at radius 2 is 1.57 bits per heavy atom. The number of carbonyl (C=O) groups excluding carboxylic acids is 1. The molecule has 0 fully saturated rings. The third kappa shape index (κ3) is 4.26. The van der Waals surface area contributed by atoms with E-state index in [1.807, 2.05) is 0 Å². The number of methoxy groups -OCH3 is 3. The van der Waals surface area contributed by atoms with Gasteiger partial charge in [-0.05, 0) is 42.0 Å². The van der Waals surface area contributed by atoms with Gasteiger partial charge in [-0.15, -0.1) is 10.2 Å². The van der Waals surface area contributed by atoms with E-state index in [4.69, 9.17) is 18.9 Å². The van der Waals surface area contributed by atoms with Crippen molar-refractivity contribution in [3.8, 4) is 23.0 Å². The van der Waals surface area contributed by atoms with Crippen LogP contribution >= 0.6 is 0 Å². The molecule has 0 aliphatic rings. The van der Waals surface area contributed by atoms with Crippen LogP contribution in [0.15, 0.2) is 54.2 Å². The number of nitrogens with zero attached hydrogens (tertiary/aromatic N) is 4. The second kappa shape index (κ2) is 8.67. The van der Waals surface area contributed by atoms with E-state index in [2.05, 4.69) is 15.3 Å². The van der Waals surface area contributed by atoms with Crippen LogP contribution in [0, 0.1) is 0 Å². The Hall–Kier alpha value is -3.88. The zero-order valence-electron chi connectivity index (χ0n) is 15.5. The average Bonchev–Trinajstić information content (AvgIpc) is 3.25. The number of benzene rings is 2. The summed E-state index contributed by atoms with van der Waals surface area (Å²) in [6, 6.07) is 9.94. The number of rotatable bonds is 7. The SMILES string of the molecule is COc1cc(C(=O)Oc2ccc(C=Nn3cnnc3)cc2)cc(OC)c1OC. The summed E-state index contributed by atoms with van der Waals surface area (Å²) in [4.78, 5) is 12.5. The number of hydrogen-bond acceptors (Lipinski definition) is 8. The second-order valence-corrected chi connectivity index (χ2v) is 5.46. The van der Waals surface area contributed by atoms with E-state index in [1.54, 1.807) is 30.5 Å². The van der Waals surface area contributed by atoms with Crippen LogP contribution in [0.1, 0.15) is 15.9 Å². The first-order valence-electron chi connectivity index (χ1n) is 8.16. The molecular weight excluding hydrogens is 364 g/mol. The summed E-state index contributed by atoms with van der Waals surface area (Å²) >= 11 is 0. The van der Waals surface area contributed by atoms with Crippen molar-refractivity contribution in [2.24, 2.45) is 5.10 Å². The minimum absolute atomic E-state index is 0.271. The minimum atomic E-state index is -0.551. The van der Waals surface area contributed by atoms with Crippen molar-refractivity contribution >= 4 is 12.2 Å². The molecule has 0 bridgehead atoms. The molecule has 9 nitrogen and oxygen atoms in total. The third-order valence-corrected chi connectivity index (χ3v) is 3.74. The first-order chi connectivity index (χ1) is 13.6. The van der Waals surface area contributed by atoms with Crippen molar-refractivity contribution in [2.75, 3.05) is 21.3 Å². The van der Waals surface area contributed by atoms with E-state index in [9.17, 15) is 4.79 Å². The van der Waals surface area contributed by atoms with Gasteiger partial charge in [0.05, 0.1) is 33.1 Å². The largest absolute Gasteiger partial charge is 0.493 e. The highest BCUT2D eigenvalue weighted by atomic mass is 16.5. The maximum absolute atomic E-state index is 12.5. The van der Waals surface area contributed by atoms with Crippen molar-refractivity contribution in [3.05, 3.63) is 60.2 Å². The average molecular weight is 382 g/mol.